The van der Waals surface area contributed by atoms with Gasteiger partial charge in [-0.3, -0.25) is 4.79 Å². The van der Waals surface area contributed by atoms with E-state index in [4.69, 9.17) is 4.74 Å². The second kappa shape index (κ2) is 8.25. The third-order valence-corrected chi connectivity index (χ3v) is 4.76. The maximum absolute atomic E-state index is 12.0. The Morgan fingerprint density at radius 2 is 2.05 bits per heavy atom. The second-order valence-electron chi connectivity index (χ2n) is 4.82. The molecule has 0 saturated heterocycles. The van der Waals surface area contributed by atoms with Crippen molar-refractivity contribution in [1.82, 2.24) is 0 Å². The van der Waals surface area contributed by atoms with Crippen LogP contribution in [0.1, 0.15) is 11.1 Å². The largest absolute Gasteiger partial charge is 0.496 e. The van der Waals surface area contributed by atoms with Gasteiger partial charge in [0.05, 0.1) is 17.3 Å². The number of benzene rings is 2. The molecular weight excluding hydrogens is 362 g/mol. The Labute approximate surface area is 143 Å². The second-order valence-corrected chi connectivity index (χ2v) is 6.66. The number of ether oxygens (including phenoxy) is 1. The first-order chi connectivity index (χ1) is 10.6. The van der Waals surface area contributed by atoms with Crippen molar-refractivity contribution in [1.29, 1.82) is 0 Å². The van der Waals surface area contributed by atoms with Crippen LogP contribution in [0.15, 0.2) is 46.9 Å². The molecule has 2 aromatic carbocycles. The van der Waals surface area contributed by atoms with Crippen molar-refractivity contribution < 1.29 is 9.53 Å². The summed E-state index contributed by atoms with van der Waals surface area (Å²) in [5.41, 5.74) is 3.10. The number of halogens is 1. The first-order valence-electron chi connectivity index (χ1n) is 6.86. The fourth-order valence-electron chi connectivity index (χ4n) is 1.96. The van der Waals surface area contributed by atoms with Crippen molar-refractivity contribution in [3.63, 3.8) is 0 Å². The number of hydrogen-bond donors (Lipinski definition) is 1. The molecule has 5 heteroatoms. The first-order valence-corrected chi connectivity index (χ1v) is 8.80. The van der Waals surface area contributed by atoms with Gasteiger partial charge in [-0.2, -0.15) is 0 Å². The number of amides is 1. The van der Waals surface area contributed by atoms with E-state index in [9.17, 15) is 4.79 Å². The Morgan fingerprint density at radius 1 is 1.27 bits per heavy atom. The van der Waals surface area contributed by atoms with Gasteiger partial charge in [0.25, 0.3) is 0 Å². The molecule has 0 spiro atoms. The van der Waals surface area contributed by atoms with E-state index in [1.807, 2.05) is 49.4 Å². The lowest BCUT2D eigenvalue weighted by Crippen LogP contribution is -2.14. The maximum atomic E-state index is 12.0. The third kappa shape index (κ3) is 4.78. The molecule has 22 heavy (non-hydrogen) atoms. The van der Waals surface area contributed by atoms with Crippen LogP contribution in [-0.2, 0) is 10.5 Å². The van der Waals surface area contributed by atoms with Crippen LogP contribution in [0.25, 0.3) is 0 Å². The summed E-state index contributed by atoms with van der Waals surface area (Å²) in [6.07, 6.45) is 0. The van der Waals surface area contributed by atoms with Gasteiger partial charge in [-0.15, -0.1) is 11.8 Å². The number of aryl methyl sites for hydroxylation is 1. The van der Waals surface area contributed by atoms with Gasteiger partial charge >= 0.3 is 0 Å². The first kappa shape index (κ1) is 16.9. The number of carbonyl (C=O) groups is 1. The van der Waals surface area contributed by atoms with E-state index in [0.717, 1.165) is 32.8 Å². The van der Waals surface area contributed by atoms with Gasteiger partial charge in [0, 0.05) is 11.4 Å². The molecule has 1 amide bonds. The summed E-state index contributed by atoms with van der Waals surface area (Å²) in [5, 5.41) is 2.94. The summed E-state index contributed by atoms with van der Waals surface area (Å²) in [6, 6.07) is 13.7. The molecule has 0 aromatic heterocycles. The molecule has 3 nitrogen and oxygen atoms in total. The number of thioether (sulfide) groups is 1. The SMILES string of the molecule is COc1ccc(CSCC(=O)Nc2ccccc2C)cc1Br. The molecule has 0 bridgehead atoms. The predicted octanol–water partition coefficient (Wildman–Crippen LogP) is 4.64. The predicted molar refractivity (Wildman–Crippen MR) is 96.7 cm³/mol. The molecule has 0 saturated carbocycles. The number of hydrogen-bond acceptors (Lipinski definition) is 3. The van der Waals surface area contributed by atoms with E-state index >= 15 is 0 Å². The minimum absolute atomic E-state index is 0.0203. The van der Waals surface area contributed by atoms with Crippen molar-refractivity contribution in [2.24, 2.45) is 0 Å². The third-order valence-electron chi connectivity index (χ3n) is 3.14. The number of methoxy groups -OCH3 is 1. The topological polar surface area (TPSA) is 38.3 Å². The highest BCUT2D eigenvalue weighted by atomic mass is 79.9. The Kier molecular flexibility index (Phi) is 6.34. The van der Waals surface area contributed by atoms with Crippen LogP contribution >= 0.6 is 27.7 Å². The average Bonchev–Trinajstić information content (AvgIpc) is 2.50. The number of anilines is 1. The molecule has 0 aliphatic rings. The van der Waals surface area contributed by atoms with Gasteiger partial charge < -0.3 is 10.1 Å². The zero-order valence-corrected chi connectivity index (χ0v) is 15.0. The van der Waals surface area contributed by atoms with E-state index < -0.39 is 0 Å². The summed E-state index contributed by atoms with van der Waals surface area (Å²) in [5.74, 6) is 2.04. The quantitative estimate of drug-likeness (QED) is 0.794. The Bertz CT molecular complexity index is 661. The van der Waals surface area contributed by atoms with Gasteiger partial charge in [0.15, 0.2) is 0 Å². The summed E-state index contributed by atoms with van der Waals surface area (Å²) >= 11 is 5.05. The molecule has 0 aliphatic carbocycles. The van der Waals surface area contributed by atoms with Crippen molar-refractivity contribution in [2.75, 3.05) is 18.2 Å². The van der Waals surface area contributed by atoms with Crippen LogP contribution in [0, 0.1) is 6.92 Å². The van der Waals surface area contributed by atoms with Crippen LogP contribution in [0.5, 0.6) is 5.75 Å². The highest BCUT2D eigenvalue weighted by molar-refractivity contribution is 9.10. The minimum Gasteiger partial charge on any atom is -0.496 e. The van der Waals surface area contributed by atoms with Crippen molar-refractivity contribution in [3.8, 4) is 5.75 Å². The van der Waals surface area contributed by atoms with Gasteiger partial charge in [0.1, 0.15) is 5.75 Å². The molecule has 2 aromatic rings. The zero-order chi connectivity index (χ0) is 15.9. The summed E-state index contributed by atoms with van der Waals surface area (Å²) in [7, 11) is 1.64. The van der Waals surface area contributed by atoms with Crippen LogP contribution < -0.4 is 10.1 Å². The molecular formula is C17H18BrNO2S. The van der Waals surface area contributed by atoms with E-state index in [0.29, 0.717) is 5.75 Å². The summed E-state index contributed by atoms with van der Waals surface area (Å²) in [4.78, 5) is 12.0. The zero-order valence-electron chi connectivity index (χ0n) is 12.6. The number of carbonyl (C=O) groups excluding carboxylic acids is 1. The lowest BCUT2D eigenvalue weighted by Gasteiger charge is -2.08. The molecule has 1 N–H and O–H groups in total. The molecule has 0 atom stereocenters. The van der Waals surface area contributed by atoms with E-state index in [1.165, 1.54) is 0 Å². The van der Waals surface area contributed by atoms with Crippen molar-refractivity contribution in [2.45, 2.75) is 12.7 Å². The lowest BCUT2D eigenvalue weighted by atomic mass is 10.2. The fourth-order valence-corrected chi connectivity index (χ4v) is 3.32. The molecule has 0 heterocycles. The average molecular weight is 380 g/mol. The summed E-state index contributed by atoms with van der Waals surface area (Å²) < 4.78 is 6.13. The smallest absolute Gasteiger partial charge is 0.234 e. The normalized spacial score (nSPS) is 10.3. The fraction of sp³-hybridized carbons (Fsp3) is 0.235. The van der Waals surface area contributed by atoms with Gasteiger partial charge in [-0.05, 0) is 52.2 Å². The highest BCUT2D eigenvalue weighted by Gasteiger charge is 2.06. The Morgan fingerprint density at radius 3 is 2.73 bits per heavy atom. The Hall–Kier alpha value is -1.46. The van der Waals surface area contributed by atoms with E-state index in [-0.39, 0.29) is 5.91 Å². The molecule has 0 aliphatic heterocycles. The van der Waals surface area contributed by atoms with Crippen LogP contribution in [-0.4, -0.2) is 18.8 Å². The Balaban J connectivity index is 1.82. The van der Waals surface area contributed by atoms with E-state index in [1.54, 1.807) is 18.9 Å². The highest BCUT2D eigenvalue weighted by Crippen LogP contribution is 2.27. The van der Waals surface area contributed by atoms with E-state index in [2.05, 4.69) is 21.2 Å². The monoisotopic (exact) mass is 379 g/mol. The van der Waals surface area contributed by atoms with Crippen LogP contribution in [0.4, 0.5) is 5.69 Å². The number of rotatable bonds is 6. The van der Waals surface area contributed by atoms with Crippen molar-refractivity contribution >= 4 is 39.3 Å². The van der Waals surface area contributed by atoms with Gasteiger partial charge in [-0.25, -0.2) is 0 Å². The standard InChI is InChI=1S/C17H18BrNO2S/c1-12-5-3-4-6-15(12)19-17(20)11-22-10-13-7-8-16(21-2)14(18)9-13/h3-9H,10-11H2,1-2H3,(H,19,20). The molecule has 116 valence electrons. The maximum Gasteiger partial charge on any atom is 0.234 e. The minimum atomic E-state index is 0.0203. The molecule has 0 radical (unpaired) electrons. The summed E-state index contributed by atoms with van der Waals surface area (Å²) in [6.45, 7) is 1.98. The van der Waals surface area contributed by atoms with Crippen LogP contribution in [0.3, 0.4) is 0 Å². The van der Waals surface area contributed by atoms with Gasteiger partial charge in [0.2, 0.25) is 5.91 Å². The van der Waals surface area contributed by atoms with Crippen molar-refractivity contribution in [3.05, 3.63) is 58.1 Å². The molecule has 0 unspecified atom stereocenters. The van der Waals surface area contributed by atoms with Gasteiger partial charge in [-0.1, -0.05) is 24.3 Å². The number of nitrogens with one attached hydrogen (secondary N) is 1. The lowest BCUT2D eigenvalue weighted by molar-refractivity contribution is -0.113. The molecule has 2 rings (SSSR count). The van der Waals surface area contributed by atoms with Crippen LogP contribution in [0.2, 0.25) is 0 Å². The molecule has 0 fully saturated rings. The number of para-hydroxylation sites is 1.